The highest BCUT2D eigenvalue weighted by molar-refractivity contribution is 7.26. The number of fused-ring (bicyclic) bond motifs is 6. The lowest BCUT2D eigenvalue weighted by Crippen LogP contribution is -2.11. The summed E-state index contributed by atoms with van der Waals surface area (Å²) in [7, 11) is 0. The summed E-state index contributed by atoms with van der Waals surface area (Å²) >= 11 is 5.30. The molecule has 0 N–H and O–H groups in total. The van der Waals surface area contributed by atoms with Crippen molar-refractivity contribution in [1.29, 1.82) is 0 Å². The SMILES string of the molecule is c1ccc(N(c2ccc(-c3nc4ccccc4s3)cc2)c2ccc3c(c2)sc2cc4cc(N(c5ccc(-c6nc7ccccc7s6)cc5)c5ccccn5)ccc4cc23)cc1. The van der Waals surface area contributed by atoms with Crippen molar-refractivity contribution in [2.75, 3.05) is 9.80 Å². The Balaban J connectivity index is 0.903. The van der Waals surface area contributed by atoms with Crippen LogP contribution in [-0.2, 0) is 0 Å². The molecule has 0 radical (unpaired) electrons. The summed E-state index contributed by atoms with van der Waals surface area (Å²) in [5.74, 6) is 0.861. The van der Waals surface area contributed by atoms with E-state index in [1.54, 1.807) is 22.7 Å². The molecule has 0 aliphatic rings. The first-order chi connectivity index (χ1) is 30.2. The van der Waals surface area contributed by atoms with E-state index >= 15 is 0 Å². The Bertz CT molecular complexity index is 3310. The van der Waals surface area contributed by atoms with Crippen LogP contribution in [0.25, 0.3) is 72.5 Å². The molecule has 288 valence electrons. The Morgan fingerprint density at radius 3 is 1.56 bits per heavy atom. The van der Waals surface area contributed by atoms with E-state index in [2.05, 4.69) is 180 Å². The van der Waals surface area contributed by atoms with Crippen LogP contribution in [0.4, 0.5) is 34.3 Å². The maximum atomic E-state index is 4.91. The third-order valence-electron chi connectivity index (χ3n) is 11.1. The quantitative estimate of drug-likeness (QED) is 0.153. The van der Waals surface area contributed by atoms with Crippen molar-refractivity contribution in [3.63, 3.8) is 0 Å². The van der Waals surface area contributed by atoms with Crippen LogP contribution in [0.3, 0.4) is 0 Å². The smallest absolute Gasteiger partial charge is 0.137 e. The molecule has 0 spiro atoms. The summed E-state index contributed by atoms with van der Waals surface area (Å²) in [6.45, 7) is 0. The molecule has 0 fully saturated rings. The van der Waals surface area contributed by atoms with Crippen LogP contribution in [-0.4, -0.2) is 15.0 Å². The molecule has 0 saturated heterocycles. The number of hydrogen-bond acceptors (Lipinski definition) is 8. The number of rotatable bonds is 8. The molecule has 0 aliphatic carbocycles. The molecule has 0 bridgehead atoms. The van der Waals surface area contributed by atoms with Crippen molar-refractivity contribution in [1.82, 2.24) is 15.0 Å². The Hall–Kier alpha value is -7.23. The van der Waals surface area contributed by atoms with Crippen LogP contribution in [0.5, 0.6) is 0 Å². The van der Waals surface area contributed by atoms with E-state index in [0.29, 0.717) is 0 Å². The summed E-state index contributed by atoms with van der Waals surface area (Å²) in [4.78, 5) is 19.2. The molecular formula is C53H33N5S3. The maximum absolute atomic E-state index is 4.91. The first-order valence-corrected chi connectivity index (χ1v) is 22.5. The fraction of sp³-hybridized carbons (Fsp3) is 0. The van der Waals surface area contributed by atoms with Gasteiger partial charge in [-0.15, -0.1) is 34.0 Å². The molecule has 0 saturated carbocycles. The zero-order chi connectivity index (χ0) is 40.3. The summed E-state index contributed by atoms with van der Waals surface area (Å²) < 4.78 is 4.90. The van der Waals surface area contributed by atoms with Gasteiger partial charge in [-0.2, -0.15) is 0 Å². The van der Waals surface area contributed by atoms with Gasteiger partial charge in [0, 0.05) is 65.9 Å². The van der Waals surface area contributed by atoms with Crippen LogP contribution >= 0.6 is 34.0 Å². The van der Waals surface area contributed by atoms with Crippen LogP contribution in [0.2, 0.25) is 0 Å². The van der Waals surface area contributed by atoms with E-state index in [9.17, 15) is 0 Å². The number of para-hydroxylation sites is 3. The molecule has 12 aromatic rings. The van der Waals surface area contributed by atoms with Crippen molar-refractivity contribution in [3.8, 4) is 21.1 Å². The molecule has 0 amide bonds. The second kappa shape index (κ2) is 14.8. The van der Waals surface area contributed by atoms with Gasteiger partial charge in [0.2, 0.25) is 0 Å². The van der Waals surface area contributed by atoms with Crippen LogP contribution in [0, 0.1) is 0 Å². The van der Waals surface area contributed by atoms with Gasteiger partial charge in [0.1, 0.15) is 15.8 Å². The molecule has 8 heteroatoms. The summed E-state index contributed by atoms with van der Waals surface area (Å²) in [5, 5.41) is 6.96. The normalized spacial score (nSPS) is 11.6. The molecular weight excluding hydrogens is 803 g/mol. The van der Waals surface area contributed by atoms with Crippen molar-refractivity contribution in [2.45, 2.75) is 0 Å². The van der Waals surface area contributed by atoms with E-state index in [1.165, 1.54) is 40.3 Å². The van der Waals surface area contributed by atoms with Crippen LogP contribution < -0.4 is 9.80 Å². The zero-order valence-electron chi connectivity index (χ0n) is 32.5. The summed E-state index contributed by atoms with van der Waals surface area (Å²) in [6.07, 6.45) is 1.85. The molecule has 0 atom stereocenters. The predicted molar refractivity (Wildman–Crippen MR) is 261 cm³/mol. The van der Waals surface area contributed by atoms with Gasteiger partial charge in [0.05, 0.1) is 20.4 Å². The van der Waals surface area contributed by atoms with Crippen molar-refractivity contribution < 1.29 is 0 Å². The molecule has 12 rings (SSSR count). The minimum Gasteiger partial charge on any atom is -0.310 e. The fourth-order valence-corrected chi connectivity index (χ4v) is 11.3. The van der Waals surface area contributed by atoms with E-state index < -0.39 is 0 Å². The highest BCUT2D eigenvalue weighted by Crippen LogP contribution is 2.44. The summed E-state index contributed by atoms with van der Waals surface area (Å²) in [6, 6.07) is 69.1. The topological polar surface area (TPSA) is 45.2 Å². The van der Waals surface area contributed by atoms with Gasteiger partial charge in [0.15, 0.2) is 0 Å². The zero-order valence-corrected chi connectivity index (χ0v) is 35.0. The standard InChI is InChI=1S/C53H33N5S3/c1-2-10-38(11-3-1)57(39-22-17-34(18-23-39)52-55-45-12-4-6-14-47(45)60-52)42-27-28-43-44-31-36-21-26-41(30-37(36)32-49(44)59-50(43)33-42)58(51-16-8-9-29-54-51)40-24-19-35(20-25-40)53-56-46-13-5-7-15-48(46)61-53/h1-33H. The molecule has 0 aliphatic heterocycles. The second-order valence-electron chi connectivity index (χ2n) is 14.9. The average molecular weight is 836 g/mol. The van der Waals surface area contributed by atoms with Gasteiger partial charge in [-0.3, -0.25) is 4.90 Å². The van der Waals surface area contributed by atoms with Crippen molar-refractivity contribution >= 4 is 120 Å². The lowest BCUT2D eigenvalue weighted by molar-refractivity contribution is 1.18. The number of thiophene rings is 1. The number of pyridine rings is 1. The van der Waals surface area contributed by atoms with Gasteiger partial charge >= 0.3 is 0 Å². The van der Waals surface area contributed by atoms with Gasteiger partial charge in [0.25, 0.3) is 0 Å². The molecule has 61 heavy (non-hydrogen) atoms. The van der Waals surface area contributed by atoms with Crippen molar-refractivity contribution in [3.05, 3.63) is 200 Å². The Morgan fingerprint density at radius 1 is 0.344 bits per heavy atom. The molecule has 4 aromatic heterocycles. The Labute approximate surface area is 363 Å². The highest BCUT2D eigenvalue weighted by atomic mass is 32.1. The van der Waals surface area contributed by atoms with E-state index in [1.807, 2.05) is 41.8 Å². The van der Waals surface area contributed by atoms with Gasteiger partial charge in [-0.05, 0) is 144 Å². The Morgan fingerprint density at radius 2 is 0.902 bits per heavy atom. The third-order valence-corrected chi connectivity index (χ3v) is 14.4. The predicted octanol–water partition coefficient (Wildman–Crippen LogP) is 16.1. The average Bonchev–Trinajstić information content (AvgIpc) is 4.05. The van der Waals surface area contributed by atoms with E-state index in [4.69, 9.17) is 15.0 Å². The monoisotopic (exact) mass is 835 g/mol. The number of nitrogens with zero attached hydrogens (tertiary/aromatic N) is 5. The number of aromatic nitrogens is 3. The minimum absolute atomic E-state index is 0.861. The number of hydrogen-bond donors (Lipinski definition) is 0. The first kappa shape index (κ1) is 35.7. The highest BCUT2D eigenvalue weighted by Gasteiger charge is 2.18. The van der Waals surface area contributed by atoms with Crippen LogP contribution in [0.15, 0.2) is 200 Å². The lowest BCUT2D eigenvalue weighted by atomic mass is 10.0. The minimum atomic E-state index is 0.861. The van der Waals surface area contributed by atoms with Crippen LogP contribution in [0.1, 0.15) is 0 Å². The number of thiazole rings is 2. The first-order valence-electron chi connectivity index (χ1n) is 20.1. The van der Waals surface area contributed by atoms with Gasteiger partial charge in [-0.25, -0.2) is 15.0 Å². The van der Waals surface area contributed by atoms with E-state index in [0.717, 1.165) is 66.4 Å². The lowest BCUT2D eigenvalue weighted by Gasteiger charge is -2.25. The fourth-order valence-electron chi connectivity index (χ4n) is 8.20. The molecule has 0 unspecified atom stereocenters. The maximum Gasteiger partial charge on any atom is 0.137 e. The Kier molecular flexibility index (Phi) is 8.66. The molecule has 8 aromatic carbocycles. The molecule has 4 heterocycles. The summed E-state index contributed by atoms with van der Waals surface area (Å²) in [5.41, 5.74) is 9.70. The largest absolute Gasteiger partial charge is 0.310 e. The number of anilines is 6. The van der Waals surface area contributed by atoms with Crippen molar-refractivity contribution in [2.24, 2.45) is 0 Å². The second-order valence-corrected chi connectivity index (χ2v) is 18.1. The van der Waals surface area contributed by atoms with Gasteiger partial charge in [-0.1, -0.05) is 60.7 Å². The van der Waals surface area contributed by atoms with E-state index in [-0.39, 0.29) is 0 Å². The third kappa shape index (κ3) is 6.49. The van der Waals surface area contributed by atoms with Gasteiger partial charge < -0.3 is 4.90 Å². The number of benzene rings is 8. The molecule has 5 nitrogen and oxygen atoms in total.